The smallest absolute Gasteiger partial charge is 0.293 e. The third kappa shape index (κ3) is 4.87. The Bertz CT molecular complexity index is 947. The minimum atomic E-state index is -0.634. The summed E-state index contributed by atoms with van der Waals surface area (Å²) in [6.07, 6.45) is 2.58. The van der Waals surface area contributed by atoms with Gasteiger partial charge in [0.25, 0.3) is 22.7 Å². The van der Waals surface area contributed by atoms with Gasteiger partial charge in [-0.2, -0.15) is 0 Å². The van der Waals surface area contributed by atoms with Crippen LogP contribution < -0.4 is 5.32 Å². The van der Waals surface area contributed by atoms with E-state index >= 15 is 0 Å². The monoisotopic (exact) mass is 439 g/mol. The van der Waals surface area contributed by atoms with Gasteiger partial charge in [0.1, 0.15) is 24.5 Å². The number of thioether (sulfide) groups is 1. The largest absolute Gasteiger partial charge is 0.494 e. The van der Waals surface area contributed by atoms with Gasteiger partial charge in [-0.3, -0.25) is 29.4 Å². The molecule has 0 radical (unpaired) electrons. The lowest BCUT2D eigenvalue weighted by Gasteiger charge is -2.16. The van der Waals surface area contributed by atoms with Crippen molar-refractivity contribution < 1.29 is 28.8 Å². The van der Waals surface area contributed by atoms with E-state index in [9.17, 15) is 24.5 Å². The van der Waals surface area contributed by atoms with Crippen LogP contribution in [0.5, 0.6) is 0 Å². The summed E-state index contributed by atoms with van der Waals surface area (Å²) >= 11 is 6.48. The number of carbonyl (C=O) groups is 3. The minimum absolute atomic E-state index is 0.0228. The first kappa shape index (κ1) is 20.7. The molecule has 1 aromatic carbocycles. The number of imide groups is 1. The van der Waals surface area contributed by atoms with Crippen molar-refractivity contribution in [2.24, 2.45) is 0 Å². The van der Waals surface area contributed by atoms with Gasteiger partial charge in [-0.1, -0.05) is 17.7 Å². The molecule has 0 atom stereocenters. The third-order valence-electron chi connectivity index (χ3n) is 3.83. The average Bonchev–Trinajstić information content (AvgIpc) is 2.97. The molecule has 152 valence electrons. The van der Waals surface area contributed by atoms with Crippen LogP contribution in [-0.4, -0.2) is 53.2 Å². The number of amides is 3. The number of halogens is 1. The van der Waals surface area contributed by atoms with Crippen LogP contribution in [0.25, 0.3) is 6.08 Å². The van der Waals surface area contributed by atoms with Gasteiger partial charge in [-0.05, 0) is 29.5 Å². The SMILES string of the molecule is O=C(NCCN1C(=O)S/C(=C/c2ccc(Cl)c([N+](=O)[O-])c2)C1=O)C1=COCCO1. The van der Waals surface area contributed by atoms with Crippen molar-refractivity contribution in [3.05, 3.63) is 55.8 Å². The zero-order valence-electron chi connectivity index (χ0n) is 14.8. The van der Waals surface area contributed by atoms with E-state index in [0.29, 0.717) is 23.9 Å². The quantitative estimate of drug-likeness (QED) is 0.406. The molecule has 0 bridgehead atoms. The molecule has 0 unspecified atom stereocenters. The molecule has 10 nitrogen and oxygen atoms in total. The fourth-order valence-electron chi connectivity index (χ4n) is 2.46. The molecule has 2 aliphatic rings. The highest BCUT2D eigenvalue weighted by Gasteiger charge is 2.35. The molecule has 1 saturated heterocycles. The molecule has 2 aliphatic heterocycles. The number of carbonyl (C=O) groups excluding carboxylic acids is 3. The predicted octanol–water partition coefficient (Wildman–Crippen LogP) is 2.29. The number of ether oxygens (including phenoxy) is 2. The zero-order chi connectivity index (χ0) is 21.0. The lowest BCUT2D eigenvalue weighted by Crippen LogP contribution is -2.38. The maximum Gasteiger partial charge on any atom is 0.293 e. The Morgan fingerprint density at radius 2 is 2.17 bits per heavy atom. The van der Waals surface area contributed by atoms with E-state index in [4.69, 9.17) is 21.1 Å². The number of hydrogen-bond donors (Lipinski definition) is 1. The lowest BCUT2D eigenvalue weighted by molar-refractivity contribution is -0.384. The first-order valence-electron chi connectivity index (χ1n) is 8.29. The molecular formula is C17H14ClN3O7S. The summed E-state index contributed by atoms with van der Waals surface area (Å²) in [5.74, 6) is -1.04. The summed E-state index contributed by atoms with van der Waals surface area (Å²) in [6.45, 7) is 0.604. The van der Waals surface area contributed by atoms with Gasteiger partial charge < -0.3 is 14.8 Å². The number of hydrogen-bond acceptors (Lipinski definition) is 8. The van der Waals surface area contributed by atoms with Crippen LogP contribution in [-0.2, 0) is 19.1 Å². The van der Waals surface area contributed by atoms with Crippen molar-refractivity contribution in [3.8, 4) is 0 Å². The van der Waals surface area contributed by atoms with E-state index < -0.39 is 22.0 Å². The topological polar surface area (TPSA) is 128 Å². The second-order valence-electron chi connectivity index (χ2n) is 5.76. The molecule has 1 fully saturated rings. The Morgan fingerprint density at radius 3 is 2.86 bits per heavy atom. The molecule has 2 heterocycles. The molecular weight excluding hydrogens is 426 g/mol. The maximum absolute atomic E-state index is 12.5. The van der Waals surface area contributed by atoms with Gasteiger partial charge in [0, 0.05) is 19.2 Å². The molecule has 1 aromatic rings. The van der Waals surface area contributed by atoms with E-state index in [0.717, 1.165) is 4.90 Å². The van der Waals surface area contributed by atoms with E-state index in [1.807, 2.05) is 0 Å². The molecule has 12 heteroatoms. The second kappa shape index (κ2) is 8.97. The van der Waals surface area contributed by atoms with Crippen molar-refractivity contribution in [1.29, 1.82) is 0 Å². The van der Waals surface area contributed by atoms with Crippen LogP contribution in [0.3, 0.4) is 0 Å². The Morgan fingerprint density at radius 1 is 1.38 bits per heavy atom. The number of rotatable bonds is 6. The highest BCUT2D eigenvalue weighted by atomic mass is 35.5. The number of nitro groups is 1. The van der Waals surface area contributed by atoms with Gasteiger partial charge in [0.2, 0.25) is 5.76 Å². The van der Waals surface area contributed by atoms with Crippen molar-refractivity contribution in [2.45, 2.75) is 0 Å². The fourth-order valence-corrected chi connectivity index (χ4v) is 3.51. The average molecular weight is 440 g/mol. The molecule has 3 amide bonds. The predicted molar refractivity (Wildman–Crippen MR) is 104 cm³/mol. The van der Waals surface area contributed by atoms with Crippen LogP contribution in [0, 0.1) is 10.1 Å². The lowest BCUT2D eigenvalue weighted by atomic mass is 10.2. The standard InChI is InChI=1S/C17H14ClN3O7S/c18-11-2-1-10(7-12(11)21(25)26)8-14-16(23)20(17(24)29-14)4-3-19-15(22)13-9-27-5-6-28-13/h1-2,7-9H,3-6H2,(H,19,22)/b14-8+. The van der Waals surface area contributed by atoms with E-state index in [-0.39, 0.29) is 41.1 Å². The molecule has 0 aromatic heterocycles. The number of benzene rings is 1. The number of nitro benzene ring substituents is 1. The van der Waals surface area contributed by atoms with Crippen LogP contribution >= 0.6 is 23.4 Å². The summed E-state index contributed by atoms with van der Waals surface area (Å²) in [7, 11) is 0. The summed E-state index contributed by atoms with van der Waals surface area (Å²) in [4.78, 5) is 47.9. The van der Waals surface area contributed by atoms with Gasteiger partial charge in [-0.15, -0.1) is 0 Å². The van der Waals surface area contributed by atoms with E-state index in [2.05, 4.69) is 5.32 Å². The maximum atomic E-state index is 12.5. The Labute approximate surface area is 173 Å². The fraction of sp³-hybridized carbons (Fsp3) is 0.235. The van der Waals surface area contributed by atoms with Crippen LogP contribution in [0.1, 0.15) is 5.56 Å². The molecule has 3 rings (SSSR count). The normalized spacial score (nSPS) is 17.6. The molecule has 0 aliphatic carbocycles. The summed E-state index contributed by atoms with van der Waals surface area (Å²) in [5.41, 5.74) is 0.0619. The second-order valence-corrected chi connectivity index (χ2v) is 7.16. The minimum Gasteiger partial charge on any atom is -0.494 e. The van der Waals surface area contributed by atoms with Gasteiger partial charge >= 0.3 is 0 Å². The Kier molecular flexibility index (Phi) is 6.39. The van der Waals surface area contributed by atoms with Gasteiger partial charge in [0.15, 0.2) is 0 Å². The summed E-state index contributed by atoms with van der Waals surface area (Å²) in [6, 6.07) is 4.07. The van der Waals surface area contributed by atoms with E-state index in [1.165, 1.54) is 30.5 Å². The molecule has 0 spiro atoms. The molecule has 29 heavy (non-hydrogen) atoms. The Hall–Kier alpha value is -3.05. The number of nitrogens with one attached hydrogen (secondary N) is 1. The molecule has 1 N–H and O–H groups in total. The van der Waals surface area contributed by atoms with Gasteiger partial charge in [-0.25, -0.2) is 0 Å². The van der Waals surface area contributed by atoms with E-state index in [1.54, 1.807) is 0 Å². The van der Waals surface area contributed by atoms with Crippen LogP contribution in [0.15, 0.2) is 35.1 Å². The van der Waals surface area contributed by atoms with Crippen molar-refractivity contribution in [3.63, 3.8) is 0 Å². The highest BCUT2D eigenvalue weighted by Crippen LogP contribution is 2.33. The first-order valence-corrected chi connectivity index (χ1v) is 9.48. The van der Waals surface area contributed by atoms with Crippen molar-refractivity contribution in [2.75, 3.05) is 26.3 Å². The zero-order valence-corrected chi connectivity index (χ0v) is 16.3. The van der Waals surface area contributed by atoms with Crippen molar-refractivity contribution >= 4 is 52.2 Å². The molecule has 0 saturated carbocycles. The van der Waals surface area contributed by atoms with Crippen LogP contribution in [0.4, 0.5) is 10.5 Å². The van der Waals surface area contributed by atoms with Crippen LogP contribution in [0.2, 0.25) is 5.02 Å². The highest BCUT2D eigenvalue weighted by molar-refractivity contribution is 8.18. The number of nitrogens with zero attached hydrogens (tertiary/aromatic N) is 2. The first-order chi connectivity index (χ1) is 13.9. The summed E-state index contributed by atoms with van der Waals surface area (Å²) < 4.78 is 10.1. The van der Waals surface area contributed by atoms with Gasteiger partial charge in [0.05, 0.1) is 9.83 Å². The summed E-state index contributed by atoms with van der Waals surface area (Å²) in [5, 5.41) is 13.0. The third-order valence-corrected chi connectivity index (χ3v) is 5.06. The Balaban J connectivity index is 1.63. The van der Waals surface area contributed by atoms with Crippen molar-refractivity contribution in [1.82, 2.24) is 10.2 Å².